The summed E-state index contributed by atoms with van der Waals surface area (Å²) in [7, 11) is 1.07. The van der Waals surface area contributed by atoms with Crippen LogP contribution in [0.15, 0.2) is 16.6 Å². The lowest BCUT2D eigenvalue weighted by atomic mass is 9.96. The van der Waals surface area contributed by atoms with Gasteiger partial charge in [-0.25, -0.2) is 13.6 Å². The number of carbonyl (C=O) groups excluding carboxylic acids is 1. The molecule has 0 aliphatic carbocycles. The molecule has 0 amide bonds. The minimum Gasteiger partial charge on any atom is -0.467 e. The molecule has 1 atom stereocenters. The molecule has 0 spiro atoms. The molecule has 0 fully saturated rings. The normalized spacial score (nSPS) is 13.5. The minimum absolute atomic E-state index is 0. The van der Waals surface area contributed by atoms with E-state index in [0.717, 1.165) is 26.2 Å². The summed E-state index contributed by atoms with van der Waals surface area (Å²) in [6, 6.07) is 1.73. The van der Waals surface area contributed by atoms with Crippen LogP contribution in [0.2, 0.25) is 0 Å². The highest BCUT2D eigenvalue weighted by molar-refractivity contribution is 9.10. The Kier molecular flexibility index (Phi) is 5.22. The molecule has 0 aliphatic rings. The van der Waals surface area contributed by atoms with Gasteiger partial charge in [-0.15, -0.1) is 0 Å². The van der Waals surface area contributed by atoms with Crippen LogP contribution in [0.3, 0.4) is 0 Å². The van der Waals surface area contributed by atoms with Gasteiger partial charge in [0.15, 0.2) is 5.60 Å². The van der Waals surface area contributed by atoms with Crippen molar-refractivity contribution in [3.8, 4) is 0 Å². The first-order chi connectivity index (χ1) is 7.30. The molecule has 0 bridgehead atoms. The zero-order valence-electron chi connectivity index (χ0n) is 8.55. The summed E-state index contributed by atoms with van der Waals surface area (Å²) in [5.41, 5.74) is -2.30. The summed E-state index contributed by atoms with van der Waals surface area (Å²) < 4.78 is 30.4. The molecule has 3 nitrogen and oxygen atoms in total. The van der Waals surface area contributed by atoms with Gasteiger partial charge in [-0.3, -0.25) is 0 Å². The fourth-order valence-corrected chi connectivity index (χ4v) is 1.38. The van der Waals surface area contributed by atoms with E-state index in [1.54, 1.807) is 0 Å². The van der Waals surface area contributed by atoms with Gasteiger partial charge in [0, 0.05) is 5.56 Å². The number of benzene rings is 1. The second-order valence-corrected chi connectivity index (χ2v) is 4.11. The molecular formula is C11H13BrF2O3. The van der Waals surface area contributed by atoms with Crippen LogP contribution in [0.4, 0.5) is 8.78 Å². The molecule has 0 saturated carbocycles. The van der Waals surface area contributed by atoms with E-state index in [9.17, 15) is 18.7 Å². The Morgan fingerprint density at radius 3 is 2.18 bits per heavy atom. The Morgan fingerprint density at radius 1 is 1.41 bits per heavy atom. The van der Waals surface area contributed by atoms with E-state index in [-0.39, 0.29) is 17.5 Å². The molecule has 96 valence electrons. The lowest BCUT2D eigenvalue weighted by molar-refractivity contribution is -0.161. The minimum atomic E-state index is -2.09. The topological polar surface area (TPSA) is 46.5 Å². The highest BCUT2D eigenvalue weighted by Gasteiger charge is 2.35. The van der Waals surface area contributed by atoms with Gasteiger partial charge < -0.3 is 9.84 Å². The highest BCUT2D eigenvalue weighted by atomic mass is 79.9. The van der Waals surface area contributed by atoms with E-state index in [1.807, 2.05) is 0 Å². The van der Waals surface area contributed by atoms with Crippen LogP contribution in [0.25, 0.3) is 0 Å². The maximum Gasteiger partial charge on any atom is 0.342 e. The molecule has 0 radical (unpaired) electrons. The SMILES string of the molecule is C.COC(=O)C(C)(O)c1cc(F)c(Br)c(F)c1. The molecule has 0 saturated heterocycles. The van der Waals surface area contributed by atoms with Crippen LogP contribution in [0.5, 0.6) is 0 Å². The lowest BCUT2D eigenvalue weighted by Gasteiger charge is -2.20. The number of methoxy groups -OCH3 is 1. The van der Waals surface area contributed by atoms with Gasteiger partial charge in [-0.05, 0) is 35.0 Å². The third-order valence-electron chi connectivity index (χ3n) is 2.13. The zero-order chi connectivity index (χ0) is 12.5. The van der Waals surface area contributed by atoms with Gasteiger partial charge in [0.2, 0.25) is 0 Å². The predicted octanol–water partition coefficient (Wildman–Crippen LogP) is 2.74. The van der Waals surface area contributed by atoms with Crippen molar-refractivity contribution in [2.45, 2.75) is 20.0 Å². The summed E-state index contributed by atoms with van der Waals surface area (Å²) in [5, 5.41) is 9.77. The first-order valence-corrected chi connectivity index (χ1v) is 5.05. The average Bonchev–Trinajstić information content (AvgIpc) is 2.23. The van der Waals surface area contributed by atoms with Crippen molar-refractivity contribution >= 4 is 21.9 Å². The Balaban J connectivity index is 0.00000256. The van der Waals surface area contributed by atoms with Crippen LogP contribution >= 0.6 is 15.9 Å². The third-order valence-corrected chi connectivity index (χ3v) is 2.89. The van der Waals surface area contributed by atoms with Crippen LogP contribution < -0.4 is 0 Å². The third kappa shape index (κ3) is 3.01. The number of hydrogen-bond acceptors (Lipinski definition) is 3. The summed E-state index contributed by atoms with van der Waals surface area (Å²) >= 11 is 2.69. The maximum absolute atomic E-state index is 13.2. The van der Waals surface area contributed by atoms with Crippen molar-refractivity contribution in [1.82, 2.24) is 0 Å². The van der Waals surface area contributed by atoms with Crippen LogP contribution in [0.1, 0.15) is 19.9 Å². The van der Waals surface area contributed by atoms with E-state index in [1.165, 1.54) is 0 Å². The molecule has 1 rings (SSSR count). The van der Waals surface area contributed by atoms with Crippen molar-refractivity contribution in [2.75, 3.05) is 7.11 Å². The molecule has 0 aromatic heterocycles. The average molecular weight is 311 g/mol. The Morgan fingerprint density at radius 2 is 1.82 bits per heavy atom. The summed E-state index contributed by atoms with van der Waals surface area (Å²) in [5.74, 6) is -2.80. The Bertz CT molecular complexity index is 410. The maximum atomic E-state index is 13.2. The van der Waals surface area contributed by atoms with Crippen molar-refractivity contribution in [3.63, 3.8) is 0 Å². The number of hydrogen-bond donors (Lipinski definition) is 1. The van der Waals surface area contributed by atoms with Crippen LogP contribution in [-0.4, -0.2) is 18.2 Å². The van der Waals surface area contributed by atoms with Crippen molar-refractivity contribution in [2.24, 2.45) is 0 Å². The van der Waals surface area contributed by atoms with E-state index in [4.69, 9.17) is 0 Å². The Hall–Kier alpha value is -1.01. The zero-order valence-corrected chi connectivity index (χ0v) is 10.1. The van der Waals surface area contributed by atoms with Gasteiger partial charge in [-0.2, -0.15) is 0 Å². The monoisotopic (exact) mass is 310 g/mol. The fraction of sp³-hybridized carbons (Fsp3) is 0.364. The van der Waals surface area contributed by atoms with E-state index < -0.39 is 23.2 Å². The molecule has 17 heavy (non-hydrogen) atoms. The van der Waals surface area contributed by atoms with Crippen LogP contribution in [0, 0.1) is 11.6 Å². The molecule has 6 heteroatoms. The summed E-state index contributed by atoms with van der Waals surface area (Å²) in [6.07, 6.45) is 0. The number of esters is 1. The first kappa shape index (κ1) is 16.0. The largest absolute Gasteiger partial charge is 0.467 e. The fourth-order valence-electron chi connectivity index (χ4n) is 1.15. The van der Waals surface area contributed by atoms with E-state index in [2.05, 4.69) is 20.7 Å². The molecule has 1 N–H and O–H groups in total. The first-order valence-electron chi connectivity index (χ1n) is 4.26. The quantitative estimate of drug-likeness (QED) is 0.675. The van der Waals surface area contributed by atoms with Gasteiger partial charge in [0.25, 0.3) is 0 Å². The van der Waals surface area contributed by atoms with Crippen molar-refractivity contribution in [1.29, 1.82) is 0 Å². The number of rotatable bonds is 2. The molecule has 1 aromatic carbocycles. The molecule has 0 heterocycles. The molecule has 0 aliphatic heterocycles. The predicted molar refractivity (Wildman–Crippen MR) is 62.4 cm³/mol. The number of ether oxygens (including phenoxy) is 1. The smallest absolute Gasteiger partial charge is 0.342 e. The van der Waals surface area contributed by atoms with Gasteiger partial charge in [-0.1, -0.05) is 7.43 Å². The molecule has 1 unspecified atom stereocenters. The standard InChI is InChI=1S/C10H9BrF2O3.CH4/c1-10(15,9(14)16-2)5-3-6(12)8(11)7(13)4-5;/h3-4,15H,1-2H3;1H4. The number of carbonyl (C=O) groups is 1. The van der Waals surface area contributed by atoms with Crippen molar-refractivity contribution in [3.05, 3.63) is 33.8 Å². The van der Waals surface area contributed by atoms with E-state index in [0.29, 0.717) is 0 Å². The van der Waals surface area contributed by atoms with Gasteiger partial charge in [0.1, 0.15) is 11.6 Å². The van der Waals surface area contributed by atoms with Gasteiger partial charge >= 0.3 is 5.97 Å². The molecule has 1 aromatic rings. The van der Waals surface area contributed by atoms with E-state index >= 15 is 0 Å². The number of halogens is 3. The highest BCUT2D eigenvalue weighted by Crippen LogP contribution is 2.28. The lowest BCUT2D eigenvalue weighted by Crippen LogP contribution is -2.33. The number of aliphatic hydroxyl groups is 1. The Labute approximate surface area is 107 Å². The second-order valence-electron chi connectivity index (χ2n) is 3.32. The summed E-state index contributed by atoms with van der Waals surface area (Å²) in [4.78, 5) is 11.2. The van der Waals surface area contributed by atoms with Crippen LogP contribution in [-0.2, 0) is 15.1 Å². The summed E-state index contributed by atoms with van der Waals surface area (Å²) in [6.45, 7) is 1.10. The van der Waals surface area contributed by atoms with Gasteiger partial charge in [0.05, 0.1) is 11.6 Å². The second kappa shape index (κ2) is 5.55. The van der Waals surface area contributed by atoms with Crippen molar-refractivity contribution < 1.29 is 23.4 Å². The molecular weight excluding hydrogens is 298 g/mol.